The molecule has 0 radical (unpaired) electrons. The third kappa shape index (κ3) is 4.73. The van der Waals surface area contributed by atoms with E-state index in [-0.39, 0.29) is 11.8 Å². The molecule has 0 saturated heterocycles. The van der Waals surface area contributed by atoms with Gasteiger partial charge in [0, 0.05) is 30.2 Å². The molecule has 0 bridgehead atoms. The Labute approximate surface area is 163 Å². The van der Waals surface area contributed by atoms with Crippen molar-refractivity contribution >= 4 is 28.9 Å². The number of hydrogen-bond donors (Lipinski definition) is 3. The summed E-state index contributed by atoms with van der Waals surface area (Å²) in [7, 11) is 1.48. The number of carbonyl (C=O) groups excluding carboxylic acids is 1. The van der Waals surface area contributed by atoms with Gasteiger partial charge in [0.2, 0.25) is 5.88 Å². The van der Waals surface area contributed by atoms with E-state index in [4.69, 9.17) is 4.74 Å². The number of nitrogens with zero attached hydrogens (tertiary/aromatic N) is 3. The molecule has 0 atom stereocenters. The first kappa shape index (κ1) is 19.1. The maximum atomic E-state index is 12.4. The molecule has 0 aliphatic rings. The fourth-order valence-corrected chi connectivity index (χ4v) is 2.61. The van der Waals surface area contributed by atoms with Crippen LogP contribution in [-0.4, -0.2) is 34.5 Å². The number of rotatable bonds is 7. The van der Waals surface area contributed by atoms with Crippen LogP contribution in [0, 0.1) is 6.92 Å². The van der Waals surface area contributed by atoms with Gasteiger partial charge in [0.05, 0.1) is 7.11 Å². The summed E-state index contributed by atoms with van der Waals surface area (Å²) in [6.07, 6.45) is 1.58. The Kier molecular flexibility index (Phi) is 6.01. The molecular weight excluding hydrogens is 356 g/mol. The van der Waals surface area contributed by atoms with Crippen LogP contribution in [0.4, 0.5) is 23.0 Å². The van der Waals surface area contributed by atoms with Gasteiger partial charge >= 0.3 is 0 Å². The Hall–Kier alpha value is -3.68. The summed E-state index contributed by atoms with van der Waals surface area (Å²) >= 11 is 0. The molecular formula is C20H22N6O2. The minimum atomic E-state index is -0.285. The molecule has 1 aromatic carbocycles. The van der Waals surface area contributed by atoms with E-state index in [9.17, 15) is 4.79 Å². The van der Waals surface area contributed by atoms with Gasteiger partial charge in [-0.3, -0.25) is 4.79 Å². The standard InChI is InChI=1S/C20H22N6O2/c1-4-21-17-12-18(24-13(2)23-17)25-14-7-9-15(10-8-14)26-19(27)16-6-5-11-22-20(16)28-3/h5-12H,4H2,1-3H3,(H,26,27)(H2,21,23,24,25). The van der Waals surface area contributed by atoms with Crippen LogP contribution in [0.1, 0.15) is 23.1 Å². The smallest absolute Gasteiger partial charge is 0.261 e. The third-order valence-electron chi connectivity index (χ3n) is 3.82. The number of amides is 1. The number of aromatic nitrogens is 3. The van der Waals surface area contributed by atoms with Crippen molar-refractivity contribution in [3.05, 3.63) is 60.0 Å². The zero-order valence-corrected chi connectivity index (χ0v) is 16.0. The predicted molar refractivity (Wildman–Crippen MR) is 109 cm³/mol. The number of benzene rings is 1. The van der Waals surface area contributed by atoms with Crippen LogP contribution in [0.5, 0.6) is 5.88 Å². The SMILES string of the molecule is CCNc1cc(Nc2ccc(NC(=O)c3cccnc3OC)cc2)nc(C)n1. The minimum Gasteiger partial charge on any atom is -0.480 e. The highest BCUT2D eigenvalue weighted by molar-refractivity contribution is 6.05. The fourth-order valence-electron chi connectivity index (χ4n) is 2.61. The lowest BCUT2D eigenvalue weighted by Gasteiger charge is -2.11. The number of ether oxygens (including phenoxy) is 1. The average Bonchev–Trinajstić information content (AvgIpc) is 2.69. The van der Waals surface area contributed by atoms with Gasteiger partial charge in [0.15, 0.2) is 0 Å². The fraction of sp³-hybridized carbons (Fsp3) is 0.200. The molecule has 0 aliphatic heterocycles. The molecule has 0 spiro atoms. The van der Waals surface area contributed by atoms with Crippen molar-refractivity contribution in [3.63, 3.8) is 0 Å². The van der Waals surface area contributed by atoms with Crippen LogP contribution in [0.2, 0.25) is 0 Å². The molecule has 0 unspecified atom stereocenters. The van der Waals surface area contributed by atoms with Crippen molar-refractivity contribution < 1.29 is 9.53 Å². The first-order chi connectivity index (χ1) is 13.6. The Morgan fingerprint density at radius 1 is 1.07 bits per heavy atom. The largest absolute Gasteiger partial charge is 0.480 e. The molecule has 3 N–H and O–H groups in total. The van der Waals surface area contributed by atoms with Gasteiger partial charge in [-0.1, -0.05) is 0 Å². The summed E-state index contributed by atoms with van der Waals surface area (Å²) in [5, 5.41) is 9.25. The topological polar surface area (TPSA) is 101 Å². The molecule has 8 heteroatoms. The number of hydrogen-bond acceptors (Lipinski definition) is 7. The molecule has 0 aliphatic carbocycles. The van der Waals surface area contributed by atoms with Crippen LogP contribution < -0.4 is 20.7 Å². The zero-order chi connectivity index (χ0) is 19.9. The summed E-state index contributed by atoms with van der Waals surface area (Å²) < 4.78 is 5.13. The molecule has 2 aromatic heterocycles. The normalized spacial score (nSPS) is 10.2. The molecule has 3 rings (SSSR count). The third-order valence-corrected chi connectivity index (χ3v) is 3.82. The quantitative estimate of drug-likeness (QED) is 0.577. The van der Waals surface area contributed by atoms with Crippen LogP contribution >= 0.6 is 0 Å². The minimum absolute atomic E-state index is 0.285. The molecule has 2 heterocycles. The Balaban J connectivity index is 1.69. The van der Waals surface area contributed by atoms with E-state index >= 15 is 0 Å². The summed E-state index contributed by atoms with van der Waals surface area (Å²) in [5.74, 6) is 2.14. The molecule has 0 fully saturated rings. The summed E-state index contributed by atoms with van der Waals surface area (Å²) in [5.41, 5.74) is 1.88. The van der Waals surface area contributed by atoms with Gasteiger partial charge in [0.25, 0.3) is 5.91 Å². The highest BCUT2D eigenvalue weighted by Gasteiger charge is 2.13. The van der Waals surface area contributed by atoms with E-state index in [1.807, 2.05) is 44.2 Å². The number of aryl methyl sites for hydroxylation is 1. The summed E-state index contributed by atoms with van der Waals surface area (Å²) in [4.78, 5) is 25.2. The highest BCUT2D eigenvalue weighted by Crippen LogP contribution is 2.21. The predicted octanol–water partition coefficient (Wildman–Crippen LogP) is 3.62. The first-order valence-electron chi connectivity index (χ1n) is 8.86. The first-order valence-corrected chi connectivity index (χ1v) is 8.86. The van der Waals surface area contributed by atoms with Crippen molar-refractivity contribution in [3.8, 4) is 5.88 Å². The second-order valence-electron chi connectivity index (χ2n) is 5.93. The number of methoxy groups -OCH3 is 1. The van der Waals surface area contributed by atoms with Crippen LogP contribution in [0.3, 0.4) is 0 Å². The molecule has 3 aromatic rings. The van der Waals surface area contributed by atoms with Crippen molar-refractivity contribution in [2.45, 2.75) is 13.8 Å². The van der Waals surface area contributed by atoms with E-state index in [0.29, 0.717) is 22.9 Å². The lowest BCUT2D eigenvalue weighted by molar-refractivity contribution is 0.102. The lowest BCUT2D eigenvalue weighted by atomic mass is 10.2. The van der Waals surface area contributed by atoms with Gasteiger partial charge in [-0.25, -0.2) is 15.0 Å². The second kappa shape index (κ2) is 8.81. The van der Waals surface area contributed by atoms with Gasteiger partial charge in [-0.2, -0.15) is 0 Å². The van der Waals surface area contributed by atoms with Crippen molar-refractivity contribution in [1.82, 2.24) is 15.0 Å². The zero-order valence-electron chi connectivity index (χ0n) is 16.0. The summed E-state index contributed by atoms with van der Waals surface area (Å²) in [6, 6.07) is 12.5. The molecule has 0 saturated carbocycles. The van der Waals surface area contributed by atoms with Gasteiger partial charge in [-0.05, 0) is 50.2 Å². The Bertz CT molecular complexity index is 959. The monoisotopic (exact) mass is 378 g/mol. The van der Waals surface area contributed by atoms with Gasteiger partial charge < -0.3 is 20.7 Å². The van der Waals surface area contributed by atoms with Crippen molar-refractivity contribution in [2.24, 2.45) is 0 Å². The second-order valence-corrected chi connectivity index (χ2v) is 5.93. The van der Waals surface area contributed by atoms with E-state index in [0.717, 1.165) is 18.1 Å². The van der Waals surface area contributed by atoms with Gasteiger partial charge in [-0.15, -0.1) is 0 Å². The van der Waals surface area contributed by atoms with Crippen LogP contribution in [-0.2, 0) is 0 Å². The maximum absolute atomic E-state index is 12.4. The van der Waals surface area contributed by atoms with Crippen molar-refractivity contribution in [2.75, 3.05) is 29.6 Å². The lowest BCUT2D eigenvalue weighted by Crippen LogP contribution is -2.13. The van der Waals surface area contributed by atoms with Crippen LogP contribution in [0.25, 0.3) is 0 Å². The number of anilines is 4. The van der Waals surface area contributed by atoms with Gasteiger partial charge in [0.1, 0.15) is 23.0 Å². The maximum Gasteiger partial charge on any atom is 0.261 e. The van der Waals surface area contributed by atoms with Crippen molar-refractivity contribution in [1.29, 1.82) is 0 Å². The highest BCUT2D eigenvalue weighted by atomic mass is 16.5. The van der Waals surface area contributed by atoms with E-state index in [2.05, 4.69) is 30.9 Å². The molecule has 8 nitrogen and oxygen atoms in total. The number of pyridine rings is 1. The summed E-state index contributed by atoms with van der Waals surface area (Å²) in [6.45, 7) is 4.64. The molecule has 1 amide bonds. The van der Waals surface area contributed by atoms with E-state index in [1.54, 1.807) is 18.3 Å². The Morgan fingerprint density at radius 3 is 2.50 bits per heavy atom. The van der Waals surface area contributed by atoms with E-state index in [1.165, 1.54) is 7.11 Å². The van der Waals surface area contributed by atoms with E-state index < -0.39 is 0 Å². The Morgan fingerprint density at radius 2 is 1.79 bits per heavy atom. The number of carbonyl (C=O) groups is 1. The van der Waals surface area contributed by atoms with Crippen LogP contribution in [0.15, 0.2) is 48.7 Å². The molecule has 28 heavy (non-hydrogen) atoms. The average molecular weight is 378 g/mol. The number of nitrogens with one attached hydrogen (secondary N) is 3. The molecule has 144 valence electrons.